The normalized spacial score (nSPS) is 12.6. The minimum Gasteiger partial charge on any atom is -0.368 e. The van der Waals surface area contributed by atoms with E-state index in [-0.39, 0.29) is 0 Å². The second-order valence-corrected chi connectivity index (χ2v) is 7.25. The van der Waals surface area contributed by atoms with Gasteiger partial charge in [0.15, 0.2) is 0 Å². The second kappa shape index (κ2) is 5.38. The molecule has 2 N–H and O–H groups in total. The Kier molecular flexibility index (Phi) is 3.96. The lowest BCUT2D eigenvalue weighted by molar-refractivity contribution is 0.476. The zero-order valence-corrected chi connectivity index (χ0v) is 12.7. The molecule has 1 aromatic heterocycles. The Balaban J connectivity index is 2.09. The fraction of sp³-hybridized carbons (Fsp3) is 0.357. The van der Waals surface area contributed by atoms with Crippen molar-refractivity contribution in [1.82, 2.24) is 9.71 Å². The molecule has 0 aliphatic carbocycles. The lowest BCUT2D eigenvalue weighted by Crippen LogP contribution is -2.47. The average Bonchev–Trinajstić information content (AvgIpc) is 2.33. The third-order valence-electron chi connectivity index (χ3n) is 2.77. The van der Waals surface area contributed by atoms with Crippen molar-refractivity contribution in [1.29, 1.82) is 0 Å². The number of nitrogens with one attached hydrogen (secondary N) is 2. The zero-order chi connectivity index (χ0) is 14.8. The Hall–Kier alpha value is -1.66. The van der Waals surface area contributed by atoms with E-state index in [9.17, 15) is 8.42 Å². The highest BCUT2D eigenvalue weighted by Gasteiger charge is 2.21. The summed E-state index contributed by atoms with van der Waals surface area (Å²) in [4.78, 5) is 4.49. The molecule has 0 radical (unpaired) electrons. The number of fused-ring (bicyclic) bond motifs is 1. The van der Waals surface area contributed by atoms with Crippen LogP contribution in [-0.4, -0.2) is 31.7 Å². The van der Waals surface area contributed by atoms with E-state index in [0.717, 1.165) is 23.0 Å². The Labute approximate surface area is 119 Å². The molecule has 0 fully saturated rings. The average molecular weight is 293 g/mol. The molecule has 5 nitrogen and oxygen atoms in total. The number of sulfonamides is 1. The lowest BCUT2D eigenvalue weighted by Gasteiger charge is -2.25. The van der Waals surface area contributed by atoms with Gasteiger partial charge in [0.2, 0.25) is 10.0 Å². The molecular weight excluding hydrogens is 274 g/mol. The first-order chi connectivity index (χ1) is 9.25. The molecule has 0 aliphatic rings. The topological polar surface area (TPSA) is 71.1 Å². The van der Waals surface area contributed by atoms with E-state index in [2.05, 4.69) is 15.0 Å². The van der Waals surface area contributed by atoms with Gasteiger partial charge in [-0.3, -0.25) is 0 Å². The van der Waals surface area contributed by atoms with E-state index >= 15 is 0 Å². The number of aromatic nitrogens is 1. The molecule has 1 aromatic carbocycles. The fourth-order valence-electron chi connectivity index (χ4n) is 2.01. The number of anilines is 1. The van der Waals surface area contributed by atoms with E-state index in [0.29, 0.717) is 6.54 Å². The van der Waals surface area contributed by atoms with Crippen molar-refractivity contribution >= 4 is 26.7 Å². The van der Waals surface area contributed by atoms with E-state index in [1.807, 2.05) is 50.2 Å². The zero-order valence-electron chi connectivity index (χ0n) is 11.8. The molecule has 20 heavy (non-hydrogen) atoms. The monoisotopic (exact) mass is 293 g/mol. The number of rotatable bonds is 5. The van der Waals surface area contributed by atoms with Crippen molar-refractivity contribution in [2.24, 2.45) is 0 Å². The van der Waals surface area contributed by atoms with Crippen LogP contribution < -0.4 is 10.0 Å². The van der Waals surface area contributed by atoms with Crippen LogP contribution in [0.2, 0.25) is 0 Å². The van der Waals surface area contributed by atoms with Gasteiger partial charge >= 0.3 is 0 Å². The summed E-state index contributed by atoms with van der Waals surface area (Å²) >= 11 is 0. The third kappa shape index (κ3) is 4.18. The quantitative estimate of drug-likeness (QED) is 0.884. The summed E-state index contributed by atoms with van der Waals surface area (Å²) in [6, 6.07) is 11.7. The van der Waals surface area contributed by atoms with Crippen molar-refractivity contribution in [2.75, 3.05) is 18.1 Å². The van der Waals surface area contributed by atoms with Gasteiger partial charge in [0, 0.05) is 17.5 Å². The maximum absolute atomic E-state index is 11.3. The van der Waals surface area contributed by atoms with Crippen LogP contribution in [-0.2, 0) is 10.0 Å². The standard InChI is InChI=1S/C14H19N3O2S/c1-14(2,17-20(3,18)19)10-15-13-9-8-11-6-4-5-7-12(11)16-13/h4-9,17H,10H2,1-3H3,(H,15,16). The Morgan fingerprint density at radius 2 is 1.85 bits per heavy atom. The van der Waals surface area contributed by atoms with Gasteiger partial charge < -0.3 is 5.32 Å². The van der Waals surface area contributed by atoms with Crippen LogP contribution >= 0.6 is 0 Å². The Morgan fingerprint density at radius 3 is 2.55 bits per heavy atom. The number of benzene rings is 1. The van der Waals surface area contributed by atoms with Gasteiger partial charge in [-0.15, -0.1) is 0 Å². The minimum atomic E-state index is -3.23. The van der Waals surface area contributed by atoms with Crippen LogP contribution in [0.4, 0.5) is 5.82 Å². The summed E-state index contributed by atoms with van der Waals surface area (Å²) in [6.07, 6.45) is 1.16. The minimum absolute atomic E-state index is 0.450. The molecule has 2 rings (SSSR count). The van der Waals surface area contributed by atoms with Gasteiger partial charge in [-0.05, 0) is 32.0 Å². The Morgan fingerprint density at radius 1 is 1.15 bits per heavy atom. The van der Waals surface area contributed by atoms with Crippen LogP contribution in [0, 0.1) is 0 Å². The molecule has 1 heterocycles. The van der Waals surface area contributed by atoms with E-state index < -0.39 is 15.6 Å². The highest BCUT2D eigenvalue weighted by Crippen LogP contribution is 2.15. The first-order valence-electron chi connectivity index (χ1n) is 6.34. The van der Waals surface area contributed by atoms with Gasteiger partial charge in [-0.2, -0.15) is 0 Å². The molecule has 0 aliphatic heterocycles. The highest BCUT2D eigenvalue weighted by atomic mass is 32.2. The smallest absolute Gasteiger partial charge is 0.209 e. The van der Waals surface area contributed by atoms with Crippen molar-refractivity contribution < 1.29 is 8.42 Å². The van der Waals surface area contributed by atoms with Crippen LogP contribution in [0.3, 0.4) is 0 Å². The molecule has 0 unspecified atom stereocenters. The summed E-state index contributed by atoms with van der Waals surface area (Å²) in [7, 11) is -3.23. The van der Waals surface area contributed by atoms with E-state index in [4.69, 9.17) is 0 Å². The first kappa shape index (κ1) is 14.7. The van der Waals surface area contributed by atoms with Crippen LogP contribution in [0.25, 0.3) is 10.9 Å². The molecule has 0 spiro atoms. The van der Waals surface area contributed by atoms with Gasteiger partial charge in [-0.25, -0.2) is 18.1 Å². The largest absolute Gasteiger partial charge is 0.368 e. The van der Waals surface area contributed by atoms with Crippen molar-refractivity contribution in [3.8, 4) is 0 Å². The van der Waals surface area contributed by atoms with E-state index in [1.54, 1.807) is 0 Å². The number of nitrogens with zero attached hydrogens (tertiary/aromatic N) is 1. The molecule has 108 valence electrons. The van der Waals surface area contributed by atoms with Crippen molar-refractivity contribution in [2.45, 2.75) is 19.4 Å². The summed E-state index contributed by atoms with van der Waals surface area (Å²) in [5.41, 5.74) is 0.326. The van der Waals surface area contributed by atoms with Gasteiger partial charge in [0.25, 0.3) is 0 Å². The predicted octanol–water partition coefficient (Wildman–Crippen LogP) is 1.97. The van der Waals surface area contributed by atoms with Crippen LogP contribution in [0.15, 0.2) is 36.4 Å². The van der Waals surface area contributed by atoms with Gasteiger partial charge in [-0.1, -0.05) is 18.2 Å². The molecule has 2 aromatic rings. The van der Waals surface area contributed by atoms with Gasteiger partial charge in [0.05, 0.1) is 11.8 Å². The number of para-hydroxylation sites is 1. The Bertz CT molecular complexity index is 711. The number of hydrogen-bond acceptors (Lipinski definition) is 4. The third-order valence-corrected chi connectivity index (χ3v) is 3.69. The molecule has 0 saturated carbocycles. The SMILES string of the molecule is CC(C)(CNc1ccc2ccccc2n1)NS(C)(=O)=O. The van der Waals surface area contributed by atoms with Crippen molar-refractivity contribution in [3.63, 3.8) is 0 Å². The van der Waals surface area contributed by atoms with Gasteiger partial charge in [0.1, 0.15) is 5.82 Å². The second-order valence-electron chi connectivity index (χ2n) is 5.50. The molecular formula is C14H19N3O2S. The van der Waals surface area contributed by atoms with E-state index in [1.165, 1.54) is 0 Å². The summed E-state index contributed by atoms with van der Waals surface area (Å²) < 4.78 is 25.1. The summed E-state index contributed by atoms with van der Waals surface area (Å²) in [5, 5.41) is 4.24. The molecule has 0 saturated heterocycles. The first-order valence-corrected chi connectivity index (χ1v) is 8.23. The summed E-state index contributed by atoms with van der Waals surface area (Å²) in [5.74, 6) is 0.729. The fourth-order valence-corrected chi connectivity index (χ4v) is 3.09. The maximum atomic E-state index is 11.3. The van der Waals surface area contributed by atoms with Crippen LogP contribution in [0.5, 0.6) is 0 Å². The molecule has 0 amide bonds. The molecule has 0 atom stereocenters. The number of hydrogen-bond donors (Lipinski definition) is 2. The van der Waals surface area contributed by atoms with Crippen LogP contribution in [0.1, 0.15) is 13.8 Å². The predicted molar refractivity (Wildman–Crippen MR) is 82.3 cm³/mol. The molecule has 6 heteroatoms. The lowest BCUT2D eigenvalue weighted by atomic mass is 10.1. The highest BCUT2D eigenvalue weighted by molar-refractivity contribution is 7.88. The summed E-state index contributed by atoms with van der Waals surface area (Å²) in [6.45, 7) is 4.09. The van der Waals surface area contributed by atoms with Crippen molar-refractivity contribution in [3.05, 3.63) is 36.4 Å². The number of pyridine rings is 1. The molecule has 0 bridgehead atoms. The maximum Gasteiger partial charge on any atom is 0.209 e.